The molecule has 100 valence electrons. The van der Waals surface area contributed by atoms with E-state index in [1.54, 1.807) is 0 Å². The van der Waals surface area contributed by atoms with Gasteiger partial charge in [-0.25, -0.2) is 4.79 Å². The topological polar surface area (TPSA) is 57.5 Å². The normalized spacial score (nSPS) is 10.6. The molecule has 1 aromatic carbocycles. The van der Waals surface area contributed by atoms with Crippen molar-refractivity contribution in [2.75, 3.05) is 0 Å². The van der Waals surface area contributed by atoms with E-state index >= 15 is 0 Å². The molecule has 0 spiro atoms. The Bertz CT molecular complexity index is 410. The molecule has 18 heavy (non-hydrogen) atoms. The molecular formula is C15H22O3. The summed E-state index contributed by atoms with van der Waals surface area (Å²) in [5.41, 5.74) is 1.98. The third kappa shape index (κ3) is 3.49. The molecule has 0 fully saturated rings. The summed E-state index contributed by atoms with van der Waals surface area (Å²) >= 11 is 0. The monoisotopic (exact) mass is 250 g/mol. The second kappa shape index (κ2) is 7.04. The number of rotatable bonds is 7. The molecule has 0 aliphatic heterocycles. The Morgan fingerprint density at radius 1 is 1.06 bits per heavy atom. The van der Waals surface area contributed by atoms with Crippen molar-refractivity contribution in [2.45, 2.75) is 52.4 Å². The fraction of sp³-hybridized carbons (Fsp3) is 0.533. The lowest BCUT2D eigenvalue weighted by atomic mass is 9.92. The van der Waals surface area contributed by atoms with Crippen LogP contribution in [0.25, 0.3) is 0 Å². The number of hydrogen-bond donors (Lipinski definition) is 2. The molecule has 1 rings (SSSR count). The van der Waals surface area contributed by atoms with Gasteiger partial charge < -0.3 is 10.2 Å². The zero-order chi connectivity index (χ0) is 13.5. The Morgan fingerprint density at radius 2 is 1.61 bits per heavy atom. The van der Waals surface area contributed by atoms with Crippen molar-refractivity contribution in [2.24, 2.45) is 0 Å². The van der Waals surface area contributed by atoms with Gasteiger partial charge in [0.1, 0.15) is 5.75 Å². The lowest BCUT2D eigenvalue weighted by Crippen LogP contribution is -2.07. The molecule has 0 aliphatic rings. The van der Waals surface area contributed by atoms with E-state index in [2.05, 4.69) is 13.8 Å². The average Bonchev–Trinajstić information content (AvgIpc) is 2.34. The molecule has 3 nitrogen and oxygen atoms in total. The van der Waals surface area contributed by atoms with Crippen LogP contribution in [0.1, 0.15) is 61.0 Å². The number of phenolic OH excluding ortho intramolecular Hbond substituents is 1. The van der Waals surface area contributed by atoms with Gasteiger partial charge in [0.25, 0.3) is 0 Å². The molecule has 2 N–H and O–H groups in total. The number of aromatic carboxylic acids is 1. The third-order valence-corrected chi connectivity index (χ3v) is 3.20. The predicted molar refractivity (Wildman–Crippen MR) is 72.3 cm³/mol. The standard InChI is InChI=1S/C15H22O3/c1-3-5-7-11-12(8-6-4-2)14(16)10-9-13(11)15(17)18/h9-10,16H,3-8H2,1-2H3,(H,17,18). The Hall–Kier alpha value is -1.51. The molecule has 0 aromatic heterocycles. The van der Waals surface area contributed by atoms with Crippen LogP contribution in [0.5, 0.6) is 5.75 Å². The van der Waals surface area contributed by atoms with E-state index in [1.165, 1.54) is 12.1 Å². The maximum Gasteiger partial charge on any atom is 0.335 e. The molecule has 0 bridgehead atoms. The summed E-state index contributed by atoms with van der Waals surface area (Å²) in [6.45, 7) is 4.17. The maximum atomic E-state index is 11.2. The first-order chi connectivity index (χ1) is 8.61. The molecule has 1 aromatic rings. The van der Waals surface area contributed by atoms with Crippen LogP contribution < -0.4 is 0 Å². The van der Waals surface area contributed by atoms with Gasteiger partial charge in [0.15, 0.2) is 0 Å². The molecule has 0 unspecified atom stereocenters. The Balaban J connectivity index is 3.16. The average molecular weight is 250 g/mol. The van der Waals surface area contributed by atoms with Crippen molar-refractivity contribution in [1.82, 2.24) is 0 Å². The first kappa shape index (κ1) is 14.6. The summed E-state index contributed by atoms with van der Waals surface area (Å²) in [4.78, 5) is 11.2. The van der Waals surface area contributed by atoms with E-state index in [1.807, 2.05) is 0 Å². The molecule has 0 amide bonds. The first-order valence-electron chi connectivity index (χ1n) is 6.68. The minimum absolute atomic E-state index is 0.236. The molecule has 0 saturated heterocycles. The minimum Gasteiger partial charge on any atom is -0.508 e. The zero-order valence-corrected chi connectivity index (χ0v) is 11.2. The molecule has 0 radical (unpaired) electrons. The van der Waals surface area contributed by atoms with E-state index in [4.69, 9.17) is 0 Å². The molecule has 3 heteroatoms. The highest BCUT2D eigenvalue weighted by atomic mass is 16.4. The van der Waals surface area contributed by atoms with Crippen molar-refractivity contribution in [1.29, 1.82) is 0 Å². The van der Waals surface area contributed by atoms with Crippen molar-refractivity contribution in [3.05, 3.63) is 28.8 Å². The number of carboxylic acids is 1. The fourth-order valence-corrected chi connectivity index (χ4v) is 2.15. The van der Waals surface area contributed by atoms with Crippen molar-refractivity contribution >= 4 is 5.97 Å². The predicted octanol–water partition coefficient (Wildman–Crippen LogP) is 3.78. The maximum absolute atomic E-state index is 11.2. The minimum atomic E-state index is -0.904. The van der Waals surface area contributed by atoms with Crippen LogP contribution in [-0.4, -0.2) is 16.2 Å². The van der Waals surface area contributed by atoms with Gasteiger partial charge in [0, 0.05) is 0 Å². The van der Waals surface area contributed by atoms with Gasteiger partial charge in [-0.2, -0.15) is 0 Å². The van der Waals surface area contributed by atoms with Gasteiger partial charge in [-0.05, 0) is 48.9 Å². The molecule has 0 heterocycles. The SMILES string of the molecule is CCCCc1c(O)ccc(C(=O)O)c1CCCC. The van der Waals surface area contributed by atoms with E-state index in [-0.39, 0.29) is 5.75 Å². The van der Waals surface area contributed by atoms with E-state index in [0.29, 0.717) is 5.56 Å². The molecule has 0 aliphatic carbocycles. The van der Waals surface area contributed by atoms with Crippen molar-refractivity contribution in [3.8, 4) is 5.75 Å². The summed E-state index contributed by atoms with van der Waals surface area (Å²) in [5.74, 6) is -0.668. The molecule has 0 atom stereocenters. The second-order valence-corrected chi connectivity index (χ2v) is 4.60. The van der Waals surface area contributed by atoms with Gasteiger partial charge in [0.2, 0.25) is 0 Å². The number of carbonyl (C=O) groups is 1. The number of hydrogen-bond acceptors (Lipinski definition) is 2. The van der Waals surface area contributed by atoms with Crippen LogP contribution in [0.4, 0.5) is 0 Å². The van der Waals surface area contributed by atoms with Crippen molar-refractivity contribution in [3.63, 3.8) is 0 Å². The number of carboxylic acid groups (broad SMARTS) is 1. The highest BCUT2D eigenvalue weighted by Crippen LogP contribution is 2.28. The zero-order valence-electron chi connectivity index (χ0n) is 11.2. The van der Waals surface area contributed by atoms with Crippen LogP contribution in [0.2, 0.25) is 0 Å². The smallest absolute Gasteiger partial charge is 0.335 e. The summed E-state index contributed by atoms with van der Waals surface area (Å²) in [5, 5.41) is 19.2. The Kier molecular flexibility index (Phi) is 5.69. The summed E-state index contributed by atoms with van der Waals surface area (Å²) < 4.78 is 0. The van der Waals surface area contributed by atoms with Crippen LogP contribution >= 0.6 is 0 Å². The van der Waals surface area contributed by atoms with Crippen LogP contribution in [0, 0.1) is 0 Å². The van der Waals surface area contributed by atoms with Crippen LogP contribution in [0.15, 0.2) is 12.1 Å². The van der Waals surface area contributed by atoms with Gasteiger partial charge in [-0.3, -0.25) is 0 Å². The highest BCUT2D eigenvalue weighted by Gasteiger charge is 2.16. The summed E-state index contributed by atoms with van der Waals surface area (Å²) in [7, 11) is 0. The molecular weight excluding hydrogens is 228 g/mol. The lowest BCUT2D eigenvalue weighted by molar-refractivity contribution is 0.0695. The number of benzene rings is 1. The van der Waals surface area contributed by atoms with Gasteiger partial charge in [-0.15, -0.1) is 0 Å². The Morgan fingerprint density at radius 3 is 2.11 bits per heavy atom. The number of aromatic hydroxyl groups is 1. The fourth-order valence-electron chi connectivity index (χ4n) is 2.15. The largest absolute Gasteiger partial charge is 0.508 e. The van der Waals surface area contributed by atoms with Crippen molar-refractivity contribution < 1.29 is 15.0 Å². The van der Waals surface area contributed by atoms with E-state index in [9.17, 15) is 15.0 Å². The van der Waals surface area contributed by atoms with Gasteiger partial charge in [0.05, 0.1) is 5.56 Å². The second-order valence-electron chi connectivity index (χ2n) is 4.60. The number of phenols is 1. The highest BCUT2D eigenvalue weighted by molar-refractivity contribution is 5.90. The van der Waals surface area contributed by atoms with Crippen LogP contribution in [0.3, 0.4) is 0 Å². The van der Waals surface area contributed by atoms with Crippen LogP contribution in [-0.2, 0) is 12.8 Å². The first-order valence-corrected chi connectivity index (χ1v) is 6.68. The Labute approximate surface area is 108 Å². The van der Waals surface area contributed by atoms with Gasteiger partial charge in [-0.1, -0.05) is 26.7 Å². The number of unbranched alkanes of at least 4 members (excludes halogenated alkanes) is 2. The quantitative estimate of drug-likeness (QED) is 0.774. The molecule has 0 saturated carbocycles. The third-order valence-electron chi connectivity index (χ3n) is 3.20. The summed E-state index contributed by atoms with van der Waals surface area (Å²) in [6.07, 6.45) is 5.44. The van der Waals surface area contributed by atoms with Gasteiger partial charge >= 0.3 is 5.97 Å². The van der Waals surface area contributed by atoms with E-state index in [0.717, 1.165) is 49.7 Å². The summed E-state index contributed by atoms with van der Waals surface area (Å²) in [6, 6.07) is 3.02. The lowest BCUT2D eigenvalue weighted by Gasteiger charge is -2.14. The van der Waals surface area contributed by atoms with E-state index < -0.39 is 5.97 Å².